The molecule has 1 amide bonds. The lowest BCUT2D eigenvalue weighted by molar-refractivity contribution is -0.132. The third-order valence-electron chi connectivity index (χ3n) is 4.19. The Balaban J connectivity index is 1.82. The molecule has 3 nitrogen and oxygen atoms in total. The number of nitrogens with one attached hydrogen (secondary N) is 1. The second-order valence-electron chi connectivity index (χ2n) is 6.04. The first-order valence-electron chi connectivity index (χ1n) is 8.32. The molecule has 1 N–H and O–H groups in total. The van der Waals surface area contributed by atoms with Gasteiger partial charge in [0.1, 0.15) is 0 Å². The van der Waals surface area contributed by atoms with Gasteiger partial charge in [-0.3, -0.25) is 4.79 Å². The molecule has 1 saturated heterocycles. The molecule has 0 radical (unpaired) electrons. The Bertz CT molecular complexity index is 412. The summed E-state index contributed by atoms with van der Waals surface area (Å²) in [5, 5.41) is 3.44. The normalized spacial score (nSPS) is 18.4. The molecule has 1 aliphatic rings. The number of carbonyl (C=O) groups is 1. The van der Waals surface area contributed by atoms with E-state index in [1.54, 1.807) is 0 Å². The van der Waals surface area contributed by atoms with Gasteiger partial charge in [0, 0.05) is 19.5 Å². The predicted octanol–water partition coefficient (Wildman–Crippen LogP) is 2.86. The Hall–Kier alpha value is -1.35. The van der Waals surface area contributed by atoms with E-state index < -0.39 is 0 Å². The number of piperidine rings is 1. The maximum atomic E-state index is 12.5. The maximum absolute atomic E-state index is 12.5. The van der Waals surface area contributed by atoms with E-state index >= 15 is 0 Å². The lowest BCUT2D eigenvalue weighted by Gasteiger charge is -2.30. The zero-order valence-electron chi connectivity index (χ0n) is 13.2. The largest absolute Gasteiger partial charge is 0.342 e. The first-order valence-corrected chi connectivity index (χ1v) is 8.32. The minimum Gasteiger partial charge on any atom is -0.342 e. The van der Waals surface area contributed by atoms with Crippen molar-refractivity contribution in [3.05, 3.63) is 35.9 Å². The monoisotopic (exact) mass is 288 g/mol. The van der Waals surface area contributed by atoms with Crippen LogP contribution in [0.25, 0.3) is 0 Å². The number of benzene rings is 1. The molecule has 1 aliphatic heterocycles. The minimum absolute atomic E-state index is 0.311. The number of aryl methyl sites for hydroxylation is 1. The zero-order chi connectivity index (χ0) is 14.9. The quantitative estimate of drug-likeness (QED) is 0.837. The fraction of sp³-hybridized carbons (Fsp3) is 0.611. The fourth-order valence-electron chi connectivity index (χ4n) is 3.03. The maximum Gasteiger partial charge on any atom is 0.222 e. The molecule has 1 heterocycles. The summed E-state index contributed by atoms with van der Waals surface area (Å²) in [6.07, 6.45) is 5.01. The van der Waals surface area contributed by atoms with Crippen LogP contribution in [0.2, 0.25) is 0 Å². The van der Waals surface area contributed by atoms with Crippen LogP contribution in [0.4, 0.5) is 0 Å². The average Bonchev–Trinajstić information content (AvgIpc) is 2.54. The van der Waals surface area contributed by atoms with Gasteiger partial charge in [-0.1, -0.05) is 37.3 Å². The van der Waals surface area contributed by atoms with Gasteiger partial charge in [0.2, 0.25) is 5.91 Å². The molecule has 21 heavy (non-hydrogen) atoms. The molecule has 1 aromatic carbocycles. The summed E-state index contributed by atoms with van der Waals surface area (Å²) in [6.45, 7) is 6.16. The lowest BCUT2D eigenvalue weighted by Crippen LogP contribution is -2.41. The number of hydrogen-bond acceptors (Lipinski definition) is 2. The van der Waals surface area contributed by atoms with E-state index in [0.29, 0.717) is 18.2 Å². The molecule has 0 bridgehead atoms. The highest BCUT2D eigenvalue weighted by Crippen LogP contribution is 2.13. The summed E-state index contributed by atoms with van der Waals surface area (Å²) in [5.41, 5.74) is 1.25. The number of rotatable bonds is 7. The van der Waals surface area contributed by atoms with Crippen LogP contribution in [0.3, 0.4) is 0 Å². The van der Waals surface area contributed by atoms with Gasteiger partial charge >= 0.3 is 0 Å². The Morgan fingerprint density at radius 1 is 1.33 bits per heavy atom. The van der Waals surface area contributed by atoms with Gasteiger partial charge in [0.15, 0.2) is 0 Å². The molecule has 1 unspecified atom stereocenters. The number of carbonyl (C=O) groups excluding carboxylic acids is 1. The van der Waals surface area contributed by atoms with Crippen molar-refractivity contribution >= 4 is 5.91 Å². The predicted molar refractivity (Wildman–Crippen MR) is 87.2 cm³/mol. The van der Waals surface area contributed by atoms with E-state index in [2.05, 4.69) is 29.3 Å². The number of nitrogens with zero attached hydrogens (tertiary/aromatic N) is 1. The summed E-state index contributed by atoms with van der Waals surface area (Å²) in [4.78, 5) is 14.6. The van der Waals surface area contributed by atoms with Crippen LogP contribution in [0, 0.1) is 5.92 Å². The summed E-state index contributed by atoms with van der Waals surface area (Å²) in [7, 11) is 0. The van der Waals surface area contributed by atoms with Crippen molar-refractivity contribution in [3.8, 4) is 0 Å². The zero-order valence-corrected chi connectivity index (χ0v) is 13.2. The molecule has 0 aliphatic carbocycles. The van der Waals surface area contributed by atoms with Crippen molar-refractivity contribution in [2.24, 2.45) is 5.92 Å². The summed E-state index contributed by atoms with van der Waals surface area (Å²) in [6, 6.07) is 10.3. The van der Waals surface area contributed by atoms with Crippen molar-refractivity contribution in [1.29, 1.82) is 0 Å². The van der Waals surface area contributed by atoms with Crippen LogP contribution >= 0.6 is 0 Å². The average molecular weight is 288 g/mol. The third kappa shape index (κ3) is 5.50. The van der Waals surface area contributed by atoms with Crippen molar-refractivity contribution in [3.63, 3.8) is 0 Å². The molecule has 1 fully saturated rings. The number of amides is 1. The van der Waals surface area contributed by atoms with Crippen molar-refractivity contribution in [2.75, 3.05) is 26.2 Å². The van der Waals surface area contributed by atoms with Gasteiger partial charge in [0.25, 0.3) is 0 Å². The highest BCUT2D eigenvalue weighted by Gasteiger charge is 2.19. The van der Waals surface area contributed by atoms with Gasteiger partial charge in [-0.2, -0.15) is 0 Å². The molecule has 0 saturated carbocycles. The van der Waals surface area contributed by atoms with Crippen molar-refractivity contribution in [1.82, 2.24) is 10.2 Å². The molecule has 0 spiro atoms. The summed E-state index contributed by atoms with van der Waals surface area (Å²) < 4.78 is 0. The topological polar surface area (TPSA) is 32.3 Å². The van der Waals surface area contributed by atoms with E-state index in [9.17, 15) is 4.79 Å². The second-order valence-corrected chi connectivity index (χ2v) is 6.04. The molecular weight excluding hydrogens is 260 g/mol. The van der Waals surface area contributed by atoms with Gasteiger partial charge < -0.3 is 10.2 Å². The van der Waals surface area contributed by atoms with E-state index in [0.717, 1.165) is 39.0 Å². The van der Waals surface area contributed by atoms with Crippen LogP contribution < -0.4 is 5.32 Å². The van der Waals surface area contributed by atoms with Crippen LogP contribution in [0.5, 0.6) is 0 Å². The highest BCUT2D eigenvalue weighted by atomic mass is 16.2. The Morgan fingerprint density at radius 3 is 2.81 bits per heavy atom. The molecule has 0 aromatic heterocycles. The highest BCUT2D eigenvalue weighted by molar-refractivity contribution is 5.76. The van der Waals surface area contributed by atoms with Crippen LogP contribution in [-0.2, 0) is 11.2 Å². The molecule has 2 rings (SSSR count). The van der Waals surface area contributed by atoms with E-state index in [1.165, 1.54) is 18.4 Å². The molecular formula is C18H28N2O. The fourth-order valence-corrected chi connectivity index (χ4v) is 3.03. The summed E-state index contributed by atoms with van der Waals surface area (Å²) >= 11 is 0. The minimum atomic E-state index is 0.311. The molecule has 1 atom stereocenters. The van der Waals surface area contributed by atoms with Gasteiger partial charge in [-0.25, -0.2) is 0 Å². The SMILES string of the molecule is CCCN(CC1CCCNC1)C(=O)CCc1ccccc1. The molecule has 1 aromatic rings. The third-order valence-corrected chi connectivity index (χ3v) is 4.19. The van der Waals surface area contributed by atoms with Crippen LogP contribution in [0.15, 0.2) is 30.3 Å². The Kier molecular flexibility index (Phi) is 6.74. The first kappa shape index (κ1) is 16.0. The lowest BCUT2D eigenvalue weighted by atomic mass is 9.98. The molecule has 3 heteroatoms. The smallest absolute Gasteiger partial charge is 0.222 e. The molecule has 116 valence electrons. The second kappa shape index (κ2) is 8.83. The summed E-state index contributed by atoms with van der Waals surface area (Å²) in [5.74, 6) is 0.942. The van der Waals surface area contributed by atoms with Gasteiger partial charge in [-0.05, 0) is 50.3 Å². The van der Waals surface area contributed by atoms with Crippen LogP contribution in [-0.4, -0.2) is 37.0 Å². The van der Waals surface area contributed by atoms with Crippen LogP contribution in [0.1, 0.15) is 38.2 Å². The van der Waals surface area contributed by atoms with E-state index in [4.69, 9.17) is 0 Å². The number of hydrogen-bond donors (Lipinski definition) is 1. The van der Waals surface area contributed by atoms with Gasteiger partial charge in [-0.15, -0.1) is 0 Å². The Labute approximate surface area is 128 Å². The van der Waals surface area contributed by atoms with E-state index in [1.807, 2.05) is 18.2 Å². The van der Waals surface area contributed by atoms with E-state index in [-0.39, 0.29) is 0 Å². The standard InChI is InChI=1S/C18H28N2O/c1-2-13-20(15-17-9-6-12-19-14-17)18(21)11-10-16-7-4-3-5-8-16/h3-5,7-8,17,19H,2,6,9-15H2,1H3. The van der Waals surface area contributed by atoms with Crippen molar-refractivity contribution < 1.29 is 4.79 Å². The van der Waals surface area contributed by atoms with Gasteiger partial charge in [0.05, 0.1) is 0 Å². The Morgan fingerprint density at radius 2 is 2.14 bits per heavy atom. The first-order chi connectivity index (χ1) is 10.3. The van der Waals surface area contributed by atoms with Crippen molar-refractivity contribution in [2.45, 2.75) is 39.0 Å².